The van der Waals surface area contributed by atoms with E-state index in [0.29, 0.717) is 11.1 Å². The van der Waals surface area contributed by atoms with Crippen molar-refractivity contribution < 1.29 is 14.7 Å². The van der Waals surface area contributed by atoms with Crippen LogP contribution in [0.2, 0.25) is 0 Å². The smallest absolute Gasteiger partial charge is 0.335 e. The molecule has 0 aliphatic heterocycles. The topological polar surface area (TPSA) is 54.4 Å². The highest BCUT2D eigenvalue weighted by atomic mass is 16.4. The van der Waals surface area contributed by atoms with Crippen LogP contribution in [0.3, 0.4) is 0 Å². The molecule has 2 aromatic carbocycles. The Morgan fingerprint density at radius 3 is 2.05 bits per heavy atom. The molecule has 0 spiro atoms. The first-order valence-corrected chi connectivity index (χ1v) is 6.19. The lowest BCUT2D eigenvalue weighted by Crippen LogP contribution is -2.00. The van der Waals surface area contributed by atoms with Gasteiger partial charge in [0.15, 0.2) is 5.78 Å². The van der Waals surface area contributed by atoms with Gasteiger partial charge in [-0.05, 0) is 36.3 Å². The van der Waals surface area contributed by atoms with Gasteiger partial charge in [-0.2, -0.15) is 0 Å². The molecule has 0 aliphatic carbocycles. The molecular formula is C17H14O3. The third-order valence-corrected chi connectivity index (χ3v) is 2.93. The molecule has 0 atom stereocenters. The molecule has 0 fully saturated rings. The van der Waals surface area contributed by atoms with Gasteiger partial charge in [0.2, 0.25) is 0 Å². The second-order valence-corrected chi connectivity index (χ2v) is 4.45. The second-order valence-electron chi connectivity index (χ2n) is 4.45. The van der Waals surface area contributed by atoms with E-state index in [1.807, 2.05) is 18.2 Å². The summed E-state index contributed by atoms with van der Waals surface area (Å²) in [6.07, 6.45) is 1.75. The third kappa shape index (κ3) is 3.20. The van der Waals surface area contributed by atoms with Crippen LogP contribution in [0, 0.1) is 0 Å². The third-order valence-electron chi connectivity index (χ3n) is 2.93. The number of aromatic carboxylic acids is 1. The number of hydrogen-bond acceptors (Lipinski definition) is 2. The van der Waals surface area contributed by atoms with Crippen molar-refractivity contribution in [1.82, 2.24) is 0 Å². The molecule has 0 bridgehead atoms. The summed E-state index contributed by atoms with van der Waals surface area (Å²) in [4.78, 5) is 22.9. The quantitative estimate of drug-likeness (QED) is 0.678. The van der Waals surface area contributed by atoms with Crippen LogP contribution in [0.15, 0.2) is 60.2 Å². The summed E-state index contributed by atoms with van der Waals surface area (Å²) in [5, 5.41) is 8.82. The lowest BCUT2D eigenvalue weighted by molar-refractivity contribution is 0.0696. The van der Waals surface area contributed by atoms with Crippen molar-refractivity contribution in [3.05, 3.63) is 76.9 Å². The summed E-state index contributed by atoms with van der Waals surface area (Å²) in [7, 11) is 0. The summed E-state index contributed by atoms with van der Waals surface area (Å²) < 4.78 is 0. The maximum absolute atomic E-state index is 12.2. The molecule has 2 aromatic rings. The van der Waals surface area contributed by atoms with E-state index in [9.17, 15) is 9.59 Å². The van der Waals surface area contributed by atoms with Crippen LogP contribution >= 0.6 is 0 Å². The minimum atomic E-state index is -0.961. The number of hydrogen-bond donors (Lipinski definition) is 1. The second kappa shape index (κ2) is 5.97. The minimum absolute atomic E-state index is 0.0343. The number of carbonyl (C=O) groups is 2. The van der Waals surface area contributed by atoms with Gasteiger partial charge in [0, 0.05) is 5.56 Å². The fourth-order valence-corrected chi connectivity index (χ4v) is 1.85. The van der Waals surface area contributed by atoms with Gasteiger partial charge in [0.25, 0.3) is 0 Å². The van der Waals surface area contributed by atoms with Crippen LogP contribution in [0.1, 0.15) is 33.2 Å². The molecule has 3 heteroatoms. The van der Waals surface area contributed by atoms with Crippen LogP contribution in [0.25, 0.3) is 6.08 Å². The fourth-order valence-electron chi connectivity index (χ4n) is 1.85. The van der Waals surface area contributed by atoms with Crippen molar-refractivity contribution in [1.29, 1.82) is 0 Å². The molecule has 0 saturated carbocycles. The molecule has 0 aliphatic rings. The Morgan fingerprint density at radius 1 is 0.900 bits per heavy atom. The highest BCUT2D eigenvalue weighted by Gasteiger charge is 2.07. The van der Waals surface area contributed by atoms with Crippen molar-refractivity contribution in [2.45, 2.75) is 6.92 Å². The van der Waals surface area contributed by atoms with Crippen LogP contribution in [0.5, 0.6) is 0 Å². The van der Waals surface area contributed by atoms with Gasteiger partial charge < -0.3 is 5.11 Å². The molecule has 1 N–H and O–H groups in total. The van der Waals surface area contributed by atoms with Gasteiger partial charge in [-0.15, -0.1) is 0 Å². The summed E-state index contributed by atoms with van der Waals surface area (Å²) in [5.41, 5.74) is 2.29. The van der Waals surface area contributed by atoms with E-state index < -0.39 is 5.97 Å². The average Bonchev–Trinajstić information content (AvgIpc) is 2.48. The van der Waals surface area contributed by atoms with Gasteiger partial charge in [-0.25, -0.2) is 4.79 Å². The zero-order valence-corrected chi connectivity index (χ0v) is 11.0. The molecule has 0 amide bonds. The summed E-state index contributed by atoms with van der Waals surface area (Å²) in [6, 6.07) is 15.5. The molecule has 0 saturated heterocycles. The molecule has 3 nitrogen and oxygen atoms in total. The monoisotopic (exact) mass is 266 g/mol. The van der Waals surface area contributed by atoms with Crippen molar-refractivity contribution in [3.8, 4) is 0 Å². The van der Waals surface area contributed by atoms with Gasteiger partial charge in [0.1, 0.15) is 0 Å². The first kappa shape index (κ1) is 13.7. The predicted octanol–water partition coefficient (Wildman–Crippen LogP) is 3.67. The van der Waals surface area contributed by atoms with Gasteiger partial charge >= 0.3 is 5.97 Å². The summed E-state index contributed by atoms with van der Waals surface area (Å²) in [5.74, 6) is -0.995. The maximum Gasteiger partial charge on any atom is 0.335 e. The summed E-state index contributed by atoms with van der Waals surface area (Å²) in [6.45, 7) is 1.75. The molecular weight excluding hydrogens is 252 g/mol. The van der Waals surface area contributed by atoms with Crippen molar-refractivity contribution >= 4 is 17.8 Å². The average molecular weight is 266 g/mol. The number of benzene rings is 2. The van der Waals surface area contributed by atoms with E-state index in [1.165, 1.54) is 12.1 Å². The molecule has 0 aromatic heterocycles. The van der Waals surface area contributed by atoms with Gasteiger partial charge in [-0.1, -0.05) is 42.5 Å². The highest BCUT2D eigenvalue weighted by Crippen LogP contribution is 2.13. The predicted molar refractivity (Wildman–Crippen MR) is 77.8 cm³/mol. The zero-order chi connectivity index (χ0) is 14.5. The van der Waals surface area contributed by atoms with E-state index in [-0.39, 0.29) is 11.3 Å². The number of allylic oxidation sites excluding steroid dienone is 1. The van der Waals surface area contributed by atoms with Crippen molar-refractivity contribution in [3.63, 3.8) is 0 Å². The molecule has 0 unspecified atom stereocenters. The SMILES string of the molecule is C/C(=C\c1ccc(C(=O)O)cc1)C(=O)c1ccccc1. The highest BCUT2D eigenvalue weighted by molar-refractivity contribution is 6.10. The number of rotatable bonds is 4. The Labute approximate surface area is 117 Å². The Balaban J connectivity index is 2.22. The fraction of sp³-hybridized carbons (Fsp3) is 0.0588. The Morgan fingerprint density at radius 2 is 1.50 bits per heavy atom. The zero-order valence-electron chi connectivity index (χ0n) is 11.0. The molecule has 2 rings (SSSR count). The van der Waals surface area contributed by atoms with Gasteiger partial charge in [-0.3, -0.25) is 4.79 Å². The van der Waals surface area contributed by atoms with E-state index in [0.717, 1.165) is 5.56 Å². The number of ketones is 1. The van der Waals surface area contributed by atoms with E-state index in [4.69, 9.17) is 5.11 Å². The van der Waals surface area contributed by atoms with E-state index in [2.05, 4.69) is 0 Å². The molecule has 0 heterocycles. The first-order valence-electron chi connectivity index (χ1n) is 6.19. The lowest BCUT2D eigenvalue weighted by atomic mass is 10.0. The summed E-state index contributed by atoms with van der Waals surface area (Å²) >= 11 is 0. The Hall–Kier alpha value is -2.68. The molecule has 0 radical (unpaired) electrons. The lowest BCUT2D eigenvalue weighted by Gasteiger charge is -2.02. The largest absolute Gasteiger partial charge is 0.478 e. The molecule has 20 heavy (non-hydrogen) atoms. The maximum atomic E-state index is 12.2. The van der Waals surface area contributed by atoms with E-state index in [1.54, 1.807) is 37.3 Å². The number of carboxylic acids is 1. The van der Waals surface area contributed by atoms with E-state index >= 15 is 0 Å². The number of Topliss-reactive ketones (excluding diaryl/α,β-unsaturated/α-hetero) is 1. The van der Waals surface area contributed by atoms with Crippen LogP contribution in [0.4, 0.5) is 0 Å². The van der Waals surface area contributed by atoms with Gasteiger partial charge in [0.05, 0.1) is 5.56 Å². The van der Waals surface area contributed by atoms with Crippen LogP contribution in [-0.2, 0) is 0 Å². The van der Waals surface area contributed by atoms with Crippen LogP contribution < -0.4 is 0 Å². The Bertz CT molecular complexity index is 652. The number of carboxylic acid groups (broad SMARTS) is 1. The van der Waals surface area contributed by atoms with Crippen LogP contribution in [-0.4, -0.2) is 16.9 Å². The number of carbonyl (C=O) groups excluding carboxylic acids is 1. The standard InChI is InChI=1S/C17H14O3/c1-12(16(18)14-5-3-2-4-6-14)11-13-7-9-15(10-8-13)17(19)20/h2-11H,1H3,(H,19,20)/b12-11+. The molecule has 100 valence electrons. The van der Waals surface area contributed by atoms with Crippen molar-refractivity contribution in [2.75, 3.05) is 0 Å². The normalized spacial score (nSPS) is 11.2. The Kier molecular flexibility index (Phi) is 4.11. The minimum Gasteiger partial charge on any atom is -0.478 e. The first-order chi connectivity index (χ1) is 9.58. The van der Waals surface area contributed by atoms with Crippen molar-refractivity contribution in [2.24, 2.45) is 0 Å².